The summed E-state index contributed by atoms with van der Waals surface area (Å²) in [4.78, 5) is 20.8. The van der Waals surface area contributed by atoms with Crippen molar-refractivity contribution in [2.45, 2.75) is 13.0 Å². The maximum Gasteiger partial charge on any atom is 0.275 e. The minimum Gasteiger partial charge on any atom is -0.322 e. The van der Waals surface area contributed by atoms with Gasteiger partial charge in [-0.1, -0.05) is 6.07 Å². The van der Waals surface area contributed by atoms with E-state index in [1.807, 2.05) is 37.3 Å². The van der Waals surface area contributed by atoms with E-state index in [4.69, 9.17) is 5.73 Å². The Hall–Kier alpha value is -2.31. The Morgan fingerprint density at radius 3 is 2.95 bits per heavy atom. The van der Waals surface area contributed by atoms with Crippen LogP contribution in [0.1, 0.15) is 28.5 Å². The molecule has 0 aliphatic carbocycles. The van der Waals surface area contributed by atoms with Crippen LogP contribution in [0.3, 0.4) is 0 Å². The minimum atomic E-state index is -0.241. The van der Waals surface area contributed by atoms with Gasteiger partial charge in [0.25, 0.3) is 5.91 Å². The lowest BCUT2D eigenvalue weighted by Gasteiger charge is -2.06. The molecule has 1 unspecified atom stereocenters. The first-order valence-electron chi connectivity index (χ1n) is 6.51. The molecule has 0 aliphatic rings. The molecular weight excluding hydrogens is 284 g/mol. The highest BCUT2D eigenvalue weighted by molar-refractivity contribution is 7.09. The van der Waals surface area contributed by atoms with Gasteiger partial charge >= 0.3 is 0 Å². The summed E-state index contributed by atoms with van der Waals surface area (Å²) < 4.78 is 0. The minimum absolute atomic E-state index is 0.168. The summed E-state index contributed by atoms with van der Waals surface area (Å²) in [7, 11) is 0. The summed E-state index contributed by atoms with van der Waals surface area (Å²) >= 11 is 1.39. The van der Waals surface area contributed by atoms with Crippen molar-refractivity contribution in [3.05, 3.63) is 52.6 Å². The van der Waals surface area contributed by atoms with Crippen LogP contribution in [0, 0.1) is 0 Å². The predicted octanol–water partition coefficient (Wildman–Crippen LogP) is 2.96. The van der Waals surface area contributed by atoms with Gasteiger partial charge in [-0.25, -0.2) is 4.98 Å². The molecule has 1 atom stereocenters. The van der Waals surface area contributed by atoms with Crippen molar-refractivity contribution < 1.29 is 4.79 Å². The number of amides is 1. The smallest absolute Gasteiger partial charge is 0.275 e. The zero-order valence-corrected chi connectivity index (χ0v) is 12.2. The number of carbonyl (C=O) groups is 1. The van der Waals surface area contributed by atoms with E-state index in [-0.39, 0.29) is 11.9 Å². The predicted molar refractivity (Wildman–Crippen MR) is 84.4 cm³/mol. The lowest BCUT2D eigenvalue weighted by Crippen LogP contribution is -2.13. The molecule has 3 rings (SSSR count). The van der Waals surface area contributed by atoms with Crippen LogP contribution in [-0.4, -0.2) is 15.9 Å². The van der Waals surface area contributed by atoms with Crippen LogP contribution in [0.25, 0.3) is 10.9 Å². The fraction of sp³-hybridized carbons (Fsp3) is 0.133. The van der Waals surface area contributed by atoms with Crippen molar-refractivity contribution in [3.63, 3.8) is 0 Å². The molecule has 0 aliphatic heterocycles. The fourth-order valence-electron chi connectivity index (χ4n) is 2.00. The van der Waals surface area contributed by atoms with E-state index >= 15 is 0 Å². The Bertz CT molecular complexity index is 792. The van der Waals surface area contributed by atoms with E-state index in [1.54, 1.807) is 11.6 Å². The number of nitrogens with zero attached hydrogens (tertiary/aromatic N) is 2. The van der Waals surface area contributed by atoms with E-state index in [1.165, 1.54) is 11.3 Å². The van der Waals surface area contributed by atoms with Gasteiger partial charge in [0, 0.05) is 17.0 Å². The maximum absolute atomic E-state index is 12.3. The van der Waals surface area contributed by atoms with Gasteiger partial charge in [-0.3, -0.25) is 9.78 Å². The molecule has 3 N–H and O–H groups in total. The zero-order valence-electron chi connectivity index (χ0n) is 11.4. The molecule has 2 aromatic heterocycles. The van der Waals surface area contributed by atoms with Gasteiger partial charge in [-0.15, -0.1) is 11.3 Å². The normalized spacial score (nSPS) is 12.3. The van der Waals surface area contributed by atoms with E-state index < -0.39 is 0 Å². The van der Waals surface area contributed by atoms with E-state index in [9.17, 15) is 4.79 Å². The number of pyridine rings is 1. The fourth-order valence-corrected chi connectivity index (χ4v) is 2.76. The zero-order chi connectivity index (χ0) is 14.8. The molecule has 0 fully saturated rings. The molecule has 0 radical (unpaired) electrons. The third kappa shape index (κ3) is 2.76. The maximum atomic E-state index is 12.3. The largest absolute Gasteiger partial charge is 0.322 e. The summed E-state index contributed by atoms with van der Waals surface area (Å²) in [6, 6.07) is 9.21. The number of anilines is 1. The van der Waals surface area contributed by atoms with Crippen molar-refractivity contribution in [2.24, 2.45) is 5.73 Å². The number of carbonyl (C=O) groups excluding carboxylic acids is 1. The van der Waals surface area contributed by atoms with Crippen LogP contribution in [0.2, 0.25) is 0 Å². The molecule has 106 valence electrons. The van der Waals surface area contributed by atoms with Gasteiger partial charge < -0.3 is 11.1 Å². The Balaban J connectivity index is 1.89. The summed E-state index contributed by atoms with van der Waals surface area (Å²) in [5, 5.41) is 6.25. The highest BCUT2D eigenvalue weighted by Crippen LogP contribution is 2.22. The molecule has 0 saturated heterocycles. The Labute approximate surface area is 125 Å². The standard InChI is InChI=1S/C15H14N4OS/c1-9(16)15-19-13(8-21-15)14(20)18-12-6-2-5-11-10(12)4-3-7-17-11/h2-9H,16H2,1H3,(H,18,20). The van der Waals surface area contributed by atoms with Crippen LogP contribution in [-0.2, 0) is 0 Å². The molecular formula is C15H14N4OS. The van der Waals surface area contributed by atoms with Crippen LogP contribution in [0.4, 0.5) is 5.69 Å². The molecule has 1 aromatic carbocycles. The van der Waals surface area contributed by atoms with Crippen molar-refractivity contribution in [3.8, 4) is 0 Å². The number of thiazole rings is 1. The highest BCUT2D eigenvalue weighted by atomic mass is 32.1. The topological polar surface area (TPSA) is 80.9 Å². The second kappa shape index (κ2) is 5.59. The van der Waals surface area contributed by atoms with Gasteiger partial charge in [0.1, 0.15) is 10.7 Å². The number of fused-ring (bicyclic) bond motifs is 1. The molecule has 6 heteroatoms. The number of nitrogens with two attached hydrogens (primary N) is 1. The Morgan fingerprint density at radius 2 is 2.19 bits per heavy atom. The second-order valence-corrected chi connectivity index (χ2v) is 5.58. The van der Waals surface area contributed by atoms with Crippen molar-refractivity contribution in [1.82, 2.24) is 9.97 Å². The number of hydrogen-bond donors (Lipinski definition) is 2. The van der Waals surface area contributed by atoms with Crippen LogP contribution in [0.15, 0.2) is 41.9 Å². The van der Waals surface area contributed by atoms with Gasteiger partial charge in [0.15, 0.2) is 0 Å². The molecule has 3 aromatic rings. The number of hydrogen-bond acceptors (Lipinski definition) is 5. The summed E-state index contributed by atoms with van der Waals surface area (Å²) in [6.45, 7) is 1.84. The SMILES string of the molecule is CC(N)c1nc(C(=O)Nc2cccc3ncccc23)cs1. The summed E-state index contributed by atoms with van der Waals surface area (Å²) in [5.41, 5.74) is 7.71. The molecule has 0 spiro atoms. The monoisotopic (exact) mass is 298 g/mol. The van der Waals surface area contributed by atoms with E-state index in [0.717, 1.165) is 21.6 Å². The first kappa shape index (κ1) is 13.7. The van der Waals surface area contributed by atoms with Crippen molar-refractivity contribution in [1.29, 1.82) is 0 Å². The van der Waals surface area contributed by atoms with Crippen molar-refractivity contribution in [2.75, 3.05) is 5.32 Å². The van der Waals surface area contributed by atoms with E-state index in [0.29, 0.717) is 5.69 Å². The summed E-state index contributed by atoms with van der Waals surface area (Å²) in [6.07, 6.45) is 1.73. The molecule has 1 amide bonds. The third-order valence-corrected chi connectivity index (χ3v) is 4.08. The summed E-state index contributed by atoms with van der Waals surface area (Å²) in [5.74, 6) is -0.241. The average molecular weight is 298 g/mol. The van der Waals surface area contributed by atoms with Gasteiger partial charge in [0.2, 0.25) is 0 Å². The Morgan fingerprint density at radius 1 is 1.33 bits per heavy atom. The number of nitrogens with one attached hydrogen (secondary N) is 1. The lowest BCUT2D eigenvalue weighted by molar-refractivity contribution is 0.102. The lowest BCUT2D eigenvalue weighted by atomic mass is 10.2. The van der Waals surface area contributed by atoms with Crippen LogP contribution in [0.5, 0.6) is 0 Å². The number of aromatic nitrogens is 2. The number of benzene rings is 1. The van der Waals surface area contributed by atoms with Gasteiger partial charge in [-0.05, 0) is 31.2 Å². The molecule has 21 heavy (non-hydrogen) atoms. The van der Waals surface area contributed by atoms with Gasteiger partial charge in [-0.2, -0.15) is 0 Å². The Kier molecular flexibility index (Phi) is 3.64. The van der Waals surface area contributed by atoms with Crippen LogP contribution < -0.4 is 11.1 Å². The first-order chi connectivity index (χ1) is 10.1. The van der Waals surface area contributed by atoms with E-state index in [2.05, 4.69) is 15.3 Å². The molecule has 0 saturated carbocycles. The first-order valence-corrected chi connectivity index (χ1v) is 7.39. The highest BCUT2D eigenvalue weighted by Gasteiger charge is 2.14. The average Bonchev–Trinajstić information content (AvgIpc) is 2.98. The quantitative estimate of drug-likeness (QED) is 0.779. The van der Waals surface area contributed by atoms with Crippen molar-refractivity contribution >= 4 is 33.8 Å². The second-order valence-electron chi connectivity index (χ2n) is 4.69. The molecule has 5 nitrogen and oxygen atoms in total. The number of rotatable bonds is 3. The van der Waals surface area contributed by atoms with Crippen LogP contribution >= 0.6 is 11.3 Å². The van der Waals surface area contributed by atoms with Gasteiger partial charge in [0.05, 0.1) is 17.2 Å². The third-order valence-electron chi connectivity index (χ3n) is 3.04. The molecule has 2 heterocycles. The molecule has 0 bridgehead atoms.